The molecule has 0 spiro atoms. The van der Waals surface area contributed by atoms with Gasteiger partial charge >= 0.3 is 11.6 Å². The molecular formula is C22H23NO6S. The number of esters is 1. The minimum Gasteiger partial charge on any atom is -0.426 e. The molecule has 1 aromatic heterocycles. The number of rotatable bonds is 7. The number of aryl methyl sites for hydroxylation is 3. The summed E-state index contributed by atoms with van der Waals surface area (Å²) in [5, 5.41) is 0.566. The van der Waals surface area contributed by atoms with Crippen LogP contribution in [0.1, 0.15) is 30.0 Å². The van der Waals surface area contributed by atoms with Gasteiger partial charge in [-0.25, -0.2) is 17.9 Å². The van der Waals surface area contributed by atoms with Gasteiger partial charge in [-0.15, -0.1) is 0 Å². The minimum atomic E-state index is -3.71. The zero-order valence-corrected chi connectivity index (χ0v) is 17.8. The number of sulfonamides is 1. The van der Waals surface area contributed by atoms with E-state index < -0.39 is 21.6 Å². The first-order valence-electron chi connectivity index (χ1n) is 9.54. The molecular weight excluding hydrogens is 406 g/mol. The molecule has 0 fully saturated rings. The highest BCUT2D eigenvalue weighted by Crippen LogP contribution is 2.30. The van der Waals surface area contributed by atoms with Crippen LogP contribution in [0.15, 0.2) is 56.6 Å². The Kier molecular flexibility index (Phi) is 6.38. The second-order valence-electron chi connectivity index (χ2n) is 7.02. The van der Waals surface area contributed by atoms with Crippen molar-refractivity contribution in [2.24, 2.45) is 0 Å². The Morgan fingerprint density at radius 3 is 2.43 bits per heavy atom. The van der Waals surface area contributed by atoms with Crippen molar-refractivity contribution in [3.63, 3.8) is 0 Å². The average molecular weight is 429 g/mol. The quantitative estimate of drug-likeness (QED) is 0.351. The first-order valence-corrected chi connectivity index (χ1v) is 11.0. The highest BCUT2D eigenvalue weighted by Gasteiger charge is 2.17. The van der Waals surface area contributed by atoms with Crippen LogP contribution in [0.4, 0.5) is 0 Å². The van der Waals surface area contributed by atoms with Crippen LogP contribution in [0.5, 0.6) is 5.75 Å². The van der Waals surface area contributed by atoms with Crippen molar-refractivity contribution >= 4 is 27.0 Å². The van der Waals surface area contributed by atoms with Gasteiger partial charge in [-0.1, -0.05) is 24.6 Å². The molecule has 158 valence electrons. The lowest BCUT2D eigenvalue weighted by atomic mass is 10.1. The maximum Gasteiger partial charge on any atom is 0.336 e. The van der Waals surface area contributed by atoms with Gasteiger partial charge in [-0.2, -0.15) is 0 Å². The number of carbonyl (C=O) groups excluding carboxylic acids is 1. The topological polar surface area (TPSA) is 103 Å². The number of hydrogen-bond donors (Lipinski definition) is 1. The third kappa shape index (κ3) is 4.95. The van der Waals surface area contributed by atoms with Gasteiger partial charge in [0.1, 0.15) is 11.3 Å². The second kappa shape index (κ2) is 8.81. The summed E-state index contributed by atoms with van der Waals surface area (Å²) in [5.74, 6) is -0.307. The molecule has 0 bridgehead atoms. The van der Waals surface area contributed by atoms with Gasteiger partial charge in [0.2, 0.25) is 10.0 Å². The van der Waals surface area contributed by atoms with Gasteiger partial charge in [0.15, 0.2) is 0 Å². The minimum absolute atomic E-state index is 0.103. The van der Waals surface area contributed by atoms with Gasteiger partial charge in [0.25, 0.3) is 0 Å². The maximum absolute atomic E-state index is 12.4. The third-order valence-electron chi connectivity index (χ3n) is 4.59. The summed E-state index contributed by atoms with van der Waals surface area (Å²) in [6, 6.07) is 11.2. The maximum atomic E-state index is 12.4. The van der Waals surface area contributed by atoms with Crippen LogP contribution >= 0.6 is 0 Å². The van der Waals surface area contributed by atoms with E-state index in [2.05, 4.69) is 4.72 Å². The summed E-state index contributed by atoms with van der Waals surface area (Å²) in [7, 11) is -3.71. The number of fused-ring (bicyclic) bond motifs is 1. The molecule has 1 N–H and O–H groups in total. The summed E-state index contributed by atoms with van der Waals surface area (Å²) < 4.78 is 37.8. The van der Waals surface area contributed by atoms with Crippen molar-refractivity contribution in [3.8, 4) is 5.75 Å². The monoisotopic (exact) mass is 429 g/mol. The van der Waals surface area contributed by atoms with Gasteiger partial charge < -0.3 is 9.15 Å². The highest BCUT2D eigenvalue weighted by molar-refractivity contribution is 7.89. The van der Waals surface area contributed by atoms with E-state index in [1.54, 1.807) is 31.2 Å². The molecule has 0 aliphatic heterocycles. The van der Waals surface area contributed by atoms with Crippen LogP contribution in [0.3, 0.4) is 0 Å². The fourth-order valence-corrected chi connectivity index (χ4v) is 4.12. The molecule has 0 saturated carbocycles. The smallest absolute Gasteiger partial charge is 0.336 e. The van der Waals surface area contributed by atoms with Crippen molar-refractivity contribution < 1.29 is 22.4 Å². The number of benzene rings is 2. The molecule has 8 heteroatoms. The van der Waals surface area contributed by atoms with Crippen LogP contribution in [0.2, 0.25) is 0 Å². The molecule has 0 unspecified atom stereocenters. The molecule has 0 atom stereocenters. The molecule has 2 aromatic carbocycles. The van der Waals surface area contributed by atoms with E-state index in [1.807, 2.05) is 13.8 Å². The molecule has 0 saturated heterocycles. The average Bonchev–Trinajstić information content (AvgIpc) is 2.66. The summed E-state index contributed by atoms with van der Waals surface area (Å²) >= 11 is 0. The molecule has 0 aliphatic carbocycles. The molecule has 0 amide bonds. The summed E-state index contributed by atoms with van der Waals surface area (Å²) in [5.41, 5.74) is 2.31. The Morgan fingerprint density at radius 1 is 1.07 bits per heavy atom. The Bertz CT molecular complexity index is 1240. The van der Waals surface area contributed by atoms with Crippen molar-refractivity contribution in [3.05, 3.63) is 69.6 Å². The predicted octanol–water partition coefficient (Wildman–Crippen LogP) is 3.25. The second-order valence-corrected chi connectivity index (χ2v) is 8.78. The van der Waals surface area contributed by atoms with Gasteiger partial charge in [-0.3, -0.25) is 4.79 Å². The fraction of sp³-hybridized carbons (Fsp3) is 0.273. The van der Waals surface area contributed by atoms with E-state index in [0.29, 0.717) is 23.0 Å². The lowest BCUT2D eigenvalue weighted by Gasteiger charge is -2.12. The van der Waals surface area contributed by atoms with E-state index in [4.69, 9.17) is 9.15 Å². The first kappa shape index (κ1) is 21.7. The van der Waals surface area contributed by atoms with Crippen molar-refractivity contribution in [2.45, 2.75) is 38.5 Å². The standard InChI is InChI=1S/C22H23NO6S/c1-4-16-13-21(25)29-19-12-15(3)11-18(22(16)19)28-20(24)9-10-23-30(26,27)17-7-5-14(2)6-8-17/h5-8,11-13,23H,4,9-10H2,1-3H3. The molecule has 1 heterocycles. The van der Waals surface area contributed by atoms with E-state index in [0.717, 1.165) is 11.1 Å². The van der Waals surface area contributed by atoms with Crippen molar-refractivity contribution in [1.82, 2.24) is 4.72 Å². The zero-order chi connectivity index (χ0) is 21.9. The van der Waals surface area contributed by atoms with Gasteiger partial charge in [0.05, 0.1) is 16.7 Å². The molecule has 7 nitrogen and oxygen atoms in total. The Balaban J connectivity index is 1.73. The molecule has 0 aliphatic rings. The van der Waals surface area contributed by atoms with E-state index >= 15 is 0 Å². The normalized spacial score (nSPS) is 11.6. The van der Waals surface area contributed by atoms with Gasteiger partial charge in [-0.05, 0) is 55.7 Å². The summed E-state index contributed by atoms with van der Waals surface area (Å²) in [4.78, 5) is 24.2. The Hall–Kier alpha value is -2.97. The van der Waals surface area contributed by atoms with E-state index in [1.165, 1.54) is 18.2 Å². The Labute approximate surface area is 174 Å². The van der Waals surface area contributed by atoms with Crippen LogP contribution in [-0.2, 0) is 21.2 Å². The highest BCUT2D eigenvalue weighted by atomic mass is 32.2. The zero-order valence-electron chi connectivity index (χ0n) is 17.0. The molecule has 3 aromatic rings. The molecule has 30 heavy (non-hydrogen) atoms. The van der Waals surface area contributed by atoms with Crippen LogP contribution in [-0.4, -0.2) is 20.9 Å². The third-order valence-corrected chi connectivity index (χ3v) is 6.07. The van der Waals surface area contributed by atoms with Crippen LogP contribution in [0.25, 0.3) is 11.0 Å². The van der Waals surface area contributed by atoms with E-state index in [-0.39, 0.29) is 23.6 Å². The van der Waals surface area contributed by atoms with Crippen LogP contribution < -0.4 is 15.1 Å². The lowest BCUT2D eigenvalue weighted by Crippen LogP contribution is -2.27. The fourth-order valence-electron chi connectivity index (χ4n) is 3.09. The number of hydrogen-bond acceptors (Lipinski definition) is 6. The predicted molar refractivity (Wildman–Crippen MR) is 113 cm³/mol. The summed E-state index contributed by atoms with van der Waals surface area (Å²) in [6.07, 6.45) is 0.408. The first-order chi connectivity index (χ1) is 14.2. The van der Waals surface area contributed by atoms with Crippen LogP contribution in [0, 0.1) is 13.8 Å². The van der Waals surface area contributed by atoms with Crippen molar-refractivity contribution in [1.29, 1.82) is 0 Å². The SMILES string of the molecule is CCc1cc(=O)oc2cc(C)cc(OC(=O)CCNS(=O)(=O)c3ccc(C)cc3)c12. The van der Waals surface area contributed by atoms with E-state index in [9.17, 15) is 18.0 Å². The molecule has 0 radical (unpaired) electrons. The number of ether oxygens (including phenoxy) is 1. The summed E-state index contributed by atoms with van der Waals surface area (Å²) in [6.45, 7) is 5.45. The lowest BCUT2D eigenvalue weighted by molar-refractivity contribution is -0.134. The molecule has 3 rings (SSSR count). The largest absolute Gasteiger partial charge is 0.426 e. The number of carbonyl (C=O) groups is 1. The number of nitrogens with one attached hydrogen (secondary N) is 1. The Morgan fingerprint density at radius 2 is 1.77 bits per heavy atom. The van der Waals surface area contributed by atoms with Gasteiger partial charge in [0, 0.05) is 12.6 Å². The van der Waals surface area contributed by atoms with Crippen molar-refractivity contribution in [2.75, 3.05) is 6.54 Å².